The number of nitrogens with zero attached hydrogens (tertiary/aromatic N) is 2. The summed E-state index contributed by atoms with van der Waals surface area (Å²) in [5, 5.41) is 0. The molecule has 90 valence electrons. The van der Waals surface area contributed by atoms with Gasteiger partial charge < -0.3 is 9.32 Å². The predicted molar refractivity (Wildman–Crippen MR) is 67.7 cm³/mol. The fourth-order valence-electron chi connectivity index (χ4n) is 1.49. The summed E-state index contributed by atoms with van der Waals surface area (Å²) in [5.41, 5.74) is 1.09. The van der Waals surface area contributed by atoms with Crippen LogP contribution in [0.1, 0.15) is 10.5 Å². The number of carbonyl (C=O) groups is 1. The summed E-state index contributed by atoms with van der Waals surface area (Å²) in [6, 6.07) is 9.40. The van der Waals surface area contributed by atoms with Gasteiger partial charge in [-0.3, -0.25) is 4.79 Å². The average molecular weight is 240 g/mol. The first kappa shape index (κ1) is 11.9. The highest BCUT2D eigenvalue weighted by atomic mass is 16.3. The first-order valence-corrected chi connectivity index (χ1v) is 5.42. The number of amides is 1. The van der Waals surface area contributed by atoms with Crippen molar-refractivity contribution in [1.82, 2.24) is 9.88 Å². The quantitative estimate of drug-likeness (QED) is 0.771. The van der Waals surface area contributed by atoms with Gasteiger partial charge in [0.1, 0.15) is 6.26 Å². The second-order valence-electron chi connectivity index (χ2n) is 3.77. The van der Waals surface area contributed by atoms with Gasteiger partial charge in [-0.15, -0.1) is 6.42 Å². The van der Waals surface area contributed by atoms with Crippen molar-refractivity contribution in [3.05, 3.63) is 42.3 Å². The molecule has 1 heterocycles. The Morgan fingerprint density at radius 2 is 2.17 bits per heavy atom. The lowest BCUT2D eigenvalue weighted by Gasteiger charge is -2.10. The monoisotopic (exact) mass is 240 g/mol. The van der Waals surface area contributed by atoms with Gasteiger partial charge in [-0.05, 0) is 12.1 Å². The van der Waals surface area contributed by atoms with E-state index in [0.29, 0.717) is 5.89 Å². The summed E-state index contributed by atoms with van der Waals surface area (Å²) in [7, 11) is 1.62. The van der Waals surface area contributed by atoms with Gasteiger partial charge in [0.25, 0.3) is 5.91 Å². The smallest absolute Gasteiger partial charge is 0.276 e. The summed E-state index contributed by atoms with van der Waals surface area (Å²) < 4.78 is 5.29. The predicted octanol–water partition coefficient (Wildman–Crippen LogP) is 2.05. The highest BCUT2D eigenvalue weighted by molar-refractivity contribution is 5.92. The molecule has 2 aromatic rings. The standard InChI is InChI=1S/C14H12N2O2/c1-3-9-16(2)14(17)12-10-18-13(15-12)11-7-5-4-6-8-11/h1,4-8,10H,9H2,2H3. The number of terminal acetylenes is 1. The SMILES string of the molecule is C#CCN(C)C(=O)c1coc(-c2ccccc2)n1. The maximum absolute atomic E-state index is 11.9. The lowest BCUT2D eigenvalue weighted by Crippen LogP contribution is -2.27. The molecule has 0 radical (unpaired) electrons. The van der Waals surface area contributed by atoms with Crippen molar-refractivity contribution in [2.24, 2.45) is 0 Å². The Morgan fingerprint density at radius 3 is 2.83 bits per heavy atom. The van der Waals surface area contributed by atoms with Crippen LogP contribution in [0, 0.1) is 12.3 Å². The van der Waals surface area contributed by atoms with Crippen molar-refractivity contribution in [2.75, 3.05) is 13.6 Å². The summed E-state index contributed by atoms with van der Waals surface area (Å²) in [6.07, 6.45) is 6.50. The molecular weight excluding hydrogens is 228 g/mol. The van der Waals surface area contributed by atoms with Crippen molar-refractivity contribution in [3.63, 3.8) is 0 Å². The lowest BCUT2D eigenvalue weighted by molar-refractivity contribution is 0.0807. The van der Waals surface area contributed by atoms with Gasteiger partial charge in [0.15, 0.2) is 5.69 Å². The van der Waals surface area contributed by atoms with Crippen LogP contribution in [0.15, 0.2) is 41.0 Å². The van der Waals surface area contributed by atoms with E-state index in [4.69, 9.17) is 10.8 Å². The van der Waals surface area contributed by atoms with Gasteiger partial charge in [0.05, 0.1) is 6.54 Å². The Kier molecular flexibility index (Phi) is 3.44. The molecule has 0 spiro atoms. The Labute approximate surface area is 105 Å². The van der Waals surface area contributed by atoms with Gasteiger partial charge in [0.2, 0.25) is 5.89 Å². The molecule has 4 nitrogen and oxygen atoms in total. The molecule has 0 unspecified atom stereocenters. The van der Waals surface area contributed by atoms with Crippen LogP contribution in [0.2, 0.25) is 0 Å². The first-order chi connectivity index (χ1) is 8.72. The Bertz CT molecular complexity index is 581. The highest BCUT2D eigenvalue weighted by Crippen LogP contribution is 2.18. The molecule has 18 heavy (non-hydrogen) atoms. The van der Waals surface area contributed by atoms with E-state index in [1.54, 1.807) is 7.05 Å². The van der Waals surface area contributed by atoms with Gasteiger partial charge in [-0.1, -0.05) is 24.1 Å². The normalized spacial score (nSPS) is 9.78. The minimum absolute atomic E-state index is 0.242. The third kappa shape index (κ3) is 2.41. The number of hydrogen-bond donors (Lipinski definition) is 0. The van der Waals surface area contributed by atoms with Crippen molar-refractivity contribution in [2.45, 2.75) is 0 Å². The molecule has 0 aliphatic carbocycles. The molecule has 4 heteroatoms. The molecule has 0 bridgehead atoms. The molecule has 0 fully saturated rings. The zero-order valence-electron chi connectivity index (χ0n) is 9.96. The van der Waals surface area contributed by atoms with Crippen LogP contribution in [0.25, 0.3) is 11.5 Å². The molecule has 1 aromatic heterocycles. The molecule has 0 atom stereocenters. The maximum atomic E-state index is 11.9. The number of carbonyl (C=O) groups excluding carboxylic acids is 1. The number of benzene rings is 1. The Hall–Kier alpha value is -2.54. The molecule has 0 N–H and O–H groups in total. The highest BCUT2D eigenvalue weighted by Gasteiger charge is 2.16. The van der Waals surface area contributed by atoms with Gasteiger partial charge in [-0.2, -0.15) is 0 Å². The third-order valence-corrected chi connectivity index (χ3v) is 2.42. The maximum Gasteiger partial charge on any atom is 0.276 e. The Balaban J connectivity index is 2.22. The van der Waals surface area contributed by atoms with E-state index in [-0.39, 0.29) is 18.1 Å². The van der Waals surface area contributed by atoms with E-state index in [1.165, 1.54) is 11.2 Å². The molecule has 1 aromatic carbocycles. The van der Waals surface area contributed by atoms with Crippen LogP contribution in [0.5, 0.6) is 0 Å². The molecule has 0 saturated heterocycles. The van der Waals surface area contributed by atoms with Gasteiger partial charge in [0, 0.05) is 12.6 Å². The van der Waals surface area contributed by atoms with Crippen LogP contribution in [0.3, 0.4) is 0 Å². The summed E-state index contributed by atoms with van der Waals surface area (Å²) in [5.74, 6) is 2.58. The molecular formula is C14H12N2O2. The largest absolute Gasteiger partial charge is 0.444 e. The van der Waals surface area contributed by atoms with Gasteiger partial charge >= 0.3 is 0 Å². The van der Waals surface area contributed by atoms with E-state index in [1.807, 2.05) is 30.3 Å². The summed E-state index contributed by atoms with van der Waals surface area (Å²) in [6.45, 7) is 0.242. The van der Waals surface area contributed by atoms with E-state index in [9.17, 15) is 4.79 Å². The molecule has 0 aliphatic heterocycles. The zero-order valence-corrected chi connectivity index (χ0v) is 9.96. The second kappa shape index (κ2) is 5.19. The van der Waals surface area contributed by atoms with E-state index in [2.05, 4.69) is 10.9 Å². The minimum Gasteiger partial charge on any atom is -0.444 e. The average Bonchev–Trinajstić information content (AvgIpc) is 2.89. The van der Waals surface area contributed by atoms with E-state index < -0.39 is 0 Å². The van der Waals surface area contributed by atoms with Crippen molar-refractivity contribution < 1.29 is 9.21 Å². The van der Waals surface area contributed by atoms with Crippen molar-refractivity contribution in [3.8, 4) is 23.8 Å². The molecule has 2 rings (SSSR count). The topological polar surface area (TPSA) is 46.3 Å². The van der Waals surface area contributed by atoms with Crippen molar-refractivity contribution >= 4 is 5.91 Å². The lowest BCUT2D eigenvalue weighted by atomic mass is 10.2. The van der Waals surface area contributed by atoms with Crippen molar-refractivity contribution in [1.29, 1.82) is 0 Å². The first-order valence-electron chi connectivity index (χ1n) is 5.42. The Morgan fingerprint density at radius 1 is 1.44 bits per heavy atom. The fourth-order valence-corrected chi connectivity index (χ4v) is 1.49. The molecule has 0 saturated carbocycles. The number of aromatic nitrogens is 1. The molecule has 0 aliphatic rings. The molecule has 1 amide bonds. The summed E-state index contributed by atoms with van der Waals surface area (Å²) in [4.78, 5) is 17.5. The van der Waals surface area contributed by atoms with Crippen LogP contribution in [0.4, 0.5) is 0 Å². The van der Waals surface area contributed by atoms with E-state index >= 15 is 0 Å². The van der Waals surface area contributed by atoms with Crippen LogP contribution >= 0.6 is 0 Å². The third-order valence-electron chi connectivity index (χ3n) is 2.42. The van der Waals surface area contributed by atoms with Crippen LogP contribution < -0.4 is 0 Å². The number of oxazole rings is 1. The number of rotatable bonds is 3. The summed E-state index contributed by atoms with van der Waals surface area (Å²) >= 11 is 0. The minimum atomic E-state index is -0.251. The second-order valence-corrected chi connectivity index (χ2v) is 3.77. The number of hydrogen-bond acceptors (Lipinski definition) is 3. The zero-order chi connectivity index (χ0) is 13.0. The van der Waals surface area contributed by atoms with E-state index in [0.717, 1.165) is 5.56 Å². The van der Waals surface area contributed by atoms with Crippen LogP contribution in [-0.2, 0) is 0 Å². The van der Waals surface area contributed by atoms with Crippen LogP contribution in [-0.4, -0.2) is 29.4 Å². The van der Waals surface area contributed by atoms with Gasteiger partial charge in [-0.25, -0.2) is 4.98 Å². The fraction of sp³-hybridized carbons (Fsp3) is 0.143.